The molecule has 201 valence electrons. The van der Waals surface area contributed by atoms with Crippen LogP contribution < -0.4 is 14.2 Å². The number of alkyl halides is 6. The zero-order valence-corrected chi connectivity index (χ0v) is 20.8. The average molecular weight is 551 g/mol. The van der Waals surface area contributed by atoms with E-state index in [2.05, 4.69) is 0 Å². The number of carbonyl (C=O) groups excluding carboxylic acids is 2. The Morgan fingerprint density at radius 1 is 0.811 bits per heavy atom. The maximum atomic E-state index is 13.8. The van der Waals surface area contributed by atoms with E-state index in [0.717, 1.165) is 0 Å². The van der Waals surface area contributed by atoms with Crippen molar-refractivity contribution in [3.05, 3.63) is 52.6 Å². The fraction of sp³-hybridized carbons (Fsp3) is 0.417. The lowest BCUT2D eigenvalue weighted by Gasteiger charge is -2.29. The highest BCUT2D eigenvalue weighted by Crippen LogP contribution is 2.57. The Morgan fingerprint density at radius 2 is 1.27 bits per heavy atom. The van der Waals surface area contributed by atoms with Gasteiger partial charge in [-0.05, 0) is 25.0 Å². The van der Waals surface area contributed by atoms with Crippen LogP contribution in [0.2, 0.25) is 0 Å². The van der Waals surface area contributed by atoms with Crippen molar-refractivity contribution < 1.29 is 54.7 Å². The Balaban J connectivity index is 2.24. The molecule has 3 rings (SSSR count). The van der Waals surface area contributed by atoms with E-state index < -0.39 is 53.3 Å². The van der Waals surface area contributed by atoms with Crippen molar-refractivity contribution in [2.75, 3.05) is 21.3 Å². The van der Waals surface area contributed by atoms with Crippen LogP contribution in [0.1, 0.15) is 57.5 Å². The molecule has 0 heterocycles. The average Bonchev–Trinajstić information content (AvgIpc) is 3.36. The Labute approximate surface area is 208 Å². The van der Waals surface area contributed by atoms with Gasteiger partial charge in [0.05, 0.1) is 32.5 Å². The Kier molecular flexibility index (Phi) is 7.93. The van der Waals surface area contributed by atoms with E-state index in [1.807, 2.05) is 0 Å². The smallest absolute Gasteiger partial charge is 0.417 e. The van der Waals surface area contributed by atoms with E-state index in [0.29, 0.717) is 18.2 Å². The zero-order chi connectivity index (χ0) is 27.8. The van der Waals surface area contributed by atoms with Crippen LogP contribution in [0, 0.1) is 0 Å². The summed E-state index contributed by atoms with van der Waals surface area (Å²) in [6.45, 7) is 0. The Bertz CT molecular complexity index is 1170. The largest absolute Gasteiger partial charge is 0.496 e. The summed E-state index contributed by atoms with van der Waals surface area (Å²) in [6, 6.07) is 3.79. The first-order valence-electron chi connectivity index (χ1n) is 10.9. The molecule has 0 amide bonds. The van der Waals surface area contributed by atoms with Crippen LogP contribution in [0.4, 0.5) is 26.3 Å². The molecule has 1 aliphatic carbocycles. The van der Waals surface area contributed by atoms with E-state index in [4.69, 9.17) is 14.2 Å². The molecule has 0 aliphatic heterocycles. The summed E-state index contributed by atoms with van der Waals surface area (Å²) < 4.78 is 112. The summed E-state index contributed by atoms with van der Waals surface area (Å²) in [6.07, 6.45) is -11.0. The van der Waals surface area contributed by atoms with Gasteiger partial charge in [0.25, 0.3) is 0 Å². The highest BCUT2D eigenvalue weighted by Gasteiger charge is 2.54. The predicted molar refractivity (Wildman–Crippen MR) is 120 cm³/mol. The highest BCUT2D eigenvalue weighted by atomic mass is 31.1. The van der Waals surface area contributed by atoms with Crippen molar-refractivity contribution in [3.8, 4) is 17.2 Å². The topological polar surface area (TPSA) is 78.9 Å². The van der Waals surface area contributed by atoms with Gasteiger partial charge in [0.15, 0.2) is 13.6 Å². The molecule has 37 heavy (non-hydrogen) atoms. The molecule has 1 atom stereocenters. The minimum atomic E-state index is -5.32. The molecule has 6 nitrogen and oxygen atoms in total. The first-order chi connectivity index (χ1) is 17.2. The van der Waals surface area contributed by atoms with Gasteiger partial charge in [-0.15, -0.1) is 0 Å². The Hall–Kier alpha value is -3.14. The van der Waals surface area contributed by atoms with Gasteiger partial charge >= 0.3 is 12.4 Å². The molecule has 0 bridgehead atoms. The van der Waals surface area contributed by atoms with Gasteiger partial charge in [-0.2, -0.15) is 26.3 Å². The van der Waals surface area contributed by atoms with Crippen LogP contribution in [0.3, 0.4) is 0 Å². The van der Waals surface area contributed by atoms with Crippen molar-refractivity contribution in [2.24, 2.45) is 0 Å². The fourth-order valence-electron chi connectivity index (χ4n) is 4.50. The number of rotatable bonds is 8. The SMILES string of the molecule is COc1cc(OC)c(C(=O)[P](=O)C2(C(=O)c3c(C(F)(F)F)cccc3C(F)(F)F)CCCC2)c(OC)c1. The van der Waals surface area contributed by atoms with Gasteiger partial charge in [0.1, 0.15) is 28.0 Å². The molecule has 1 unspecified atom stereocenters. The van der Waals surface area contributed by atoms with Crippen LogP contribution in [0.25, 0.3) is 0 Å². The molecule has 0 spiro atoms. The maximum Gasteiger partial charge on any atom is 0.417 e. The van der Waals surface area contributed by atoms with E-state index in [-0.39, 0.29) is 48.5 Å². The van der Waals surface area contributed by atoms with Crippen LogP contribution in [0.15, 0.2) is 30.3 Å². The first-order valence-corrected chi connectivity index (χ1v) is 12.1. The van der Waals surface area contributed by atoms with Gasteiger partial charge in [0.2, 0.25) is 5.52 Å². The second-order valence-corrected chi connectivity index (χ2v) is 10.1. The number of carbonyl (C=O) groups is 2. The predicted octanol–water partition coefficient (Wildman–Crippen LogP) is 6.91. The third-order valence-electron chi connectivity index (χ3n) is 6.26. The summed E-state index contributed by atoms with van der Waals surface area (Å²) >= 11 is 0. The minimum Gasteiger partial charge on any atom is -0.496 e. The first kappa shape index (κ1) is 28.4. The lowest BCUT2D eigenvalue weighted by molar-refractivity contribution is -0.143. The second-order valence-electron chi connectivity index (χ2n) is 8.30. The zero-order valence-electron chi connectivity index (χ0n) is 19.9. The van der Waals surface area contributed by atoms with Crippen molar-refractivity contribution in [2.45, 2.75) is 43.2 Å². The molecular weight excluding hydrogens is 529 g/mol. The number of hydrogen-bond donors (Lipinski definition) is 0. The summed E-state index contributed by atoms with van der Waals surface area (Å²) in [5, 5.41) is -2.29. The monoisotopic (exact) mass is 551 g/mol. The lowest BCUT2D eigenvalue weighted by atomic mass is 9.88. The van der Waals surface area contributed by atoms with Gasteiger partial charge < -0.3 is 14.2 Å². The number of halogens is 6. The van der Waals surface area contributed by atoms with Crippen molar-refractivity contribution in [1.82, 2.24) is 0 Å². The standard InChI is InChI=1S/C24H22F6O6P/c1-34-13-11-16(35-2)19(17(12-13)36-3)21(32)37(33)22(9-4-5-10-22)20(31)18-14(23(25,26)27)7-6-8-15(18)24(28,29)30/h6-8,11-12H,4-5,9-10H2,1-3H3. The quantitative estimate of drug-likeness (QED) is 0.202. The summed E-state index contributed by atoms with van der Waals surface area (Å²) in [5.74, 6) is -1.75. The number of ether oxygens (including phenoxy) is 3. The van der Waals surface area contributed by atoms with Crippen LogP contribution in [-0.2, 0) is 16.9 Å². The highest BCUT2D eigenvalue weighted by molar-refractivity contribution is 7.67. The molecule has 0 aromatic heterocycles. The minimum absolute atomic E-state index is 0.156. The molecule has 2 aromatic carbocycles. The Morgan fingerprint density at radius 3 is 1.65 bits per heavy atom. The number of hydrogen-bond acceptors (Lipinski definition) is 6. The molecule has 0 saturated heterocycles. The third-order valence-corrected chi connectivity index (χ3v) is 8.28. The fourth-order valence-corrected chi connectivity index (χ4v) is 6.33. The van der Waals surface area contributed by atoms with Gasteiger partial charge in [0, 0.05) is 17.7 Å². The normalized spacial score (nSPS) is 15.8. The molecule has 2 aromatic rings. The molecule has 1 fully saturated rings. The number of ketones is 1. The number of methoxy groups -OCH3 is 3. The van der Waals surface area contributed by atoms with Crippen molar-refractivity contribution >= 4 is 19.1 Å². The van der Waals surface area contributed by atoms with Gasteiger partial charge in [-0.3, -0.25) is 14.2 Å². The van der Waals surface area contributed by atoms with Crippen LogP contribution >= 0.6 is 7.80 Å². The molecule has 1 radical (unpaired) electrons. The summed E-state index contributed by atoms with van der Waals surface area (Å²) in [5.41, 5.74) is -6.83. The number of benzene rings is 2. The van der Waals surface area contributed by atoms with Crippen molar-refractivity contribution in [1.29, 1.82) is 0 Å². The number of Topliss-reactive ketones (excluding diaryl/α,β-unsaturated/α-hetero) is 1. The van der Waals surface area contributed by atoms with E-state index >= 15 is 0 Å². The molecule has 1 aliphatic rings. The molecule has 0 N–H and O–H groups in total. The molecule has 1 saturated carbocycles. The maximum absolute atomic E-state index is 13.8. The molecular formula is C24H22F6O6P. The summed E-state index contributed by atoms with van der Waals surface area (Å²) in [7, 11) is 0.292. The summed E-state index contributed by atoms with van der Waals surface area (Å²) in [4.78, 5) is 27.2. The lowest BCUT2D eigenvalue weighted by Crippen LogP contribution is -2.37. The second kappa shape index (κ2) is 10.3. The van der Waals surface area contributed by atoms with Gasteiger partial charge in [-0.25, -0.2) is 0 Å². The van der Waals surface area contributed by atoms with Crippen LogP contribution in [-0.4, -0.2) is 37.8 Å². The third kappa shape index (κ3) is 5.16. The van der Waals surface area contributed by atoms with Crippen molar-refractivity contribution in [3.63, 3.8) is 0 Å². The van der Waals surface area contributed by atoms with E-state index in [9.17, 15) is 40.5 Å². The van der Waals surface area contributed by atoms with Crippen LogP contribution in [0.5, 0.6) is 17.2 Å². The van der Waals surface area contributed by atoms with E-state index in [1.54, 1.807) is 0 Å². The van der Waals surface area contributed by atoms with Gasteiger partial charge in [-0.1, -0.05) is 18.9 Å². The molecule has 13 heteroatoms. The van der Waals surface area contributed by atoms with E-state index in [1.165, 1.54) is 33.5 Å².